The summed E-state index contributed by atoms with van der Waals surface area (Å²) in [4.78, 5) is 0. The molecule has 0 spiro atoms. The molecule has 0 heterocycles. The van der Waals surface area contributed by atoms with Gasteiger partial charge in [-0.2, -0.15) is 0 Å². The molecule has 2 heteroatoms. The summed E-state index contributed by atoms with van der Waals surface area (Å²) >= 11 is 0. The van der Waals surface area contributed by atoms with Crippen LogP contribution in [0, 0.1) is 27.7 Å². The normalized spacial score (nSPS) is 12.0. The van der Waals surface area contributed by atoms with Crippen LogP contribution in [-0.4, -0.2) is 12.6 Å². The van der Waals surface area contributed by atoms with Crippen molar-refractivity contribution in [3.05, 3.63) is 58.7 Å². The molecule has 2 N–H and O–H groups in total. The first-order valence-electron chi connectivity index (χ1n) is 7.62. The number of aryl methyl sites for hydroxylation is 3. The third-order valence-corrected chi connectivity index (χ3v) is 4.08. The minimum Gasteiger partial charge on any atom is -0.383 e. The Morgan fingerprint density at radius 1 is 0.857 bits per heavy atom. The lowest BCUT2D eigenvalue weighted by molar-refractivity contribution is 0.831. The summed E-state index contributed by atoms with van der Waals surface area (Å²) in [6.45, 7) is 11.7. The monoisotopic (exact) mass is 282 g/mol. The van der Waals surface area contributed by atoms with E-state index in [1.165, 1.54) is 33.6 Å². The topological polar surface area (TPSA) is 24.1 Å². The number of anilines is 2. The molecular weight excluding hydrogens is 256 g/mol. The standard InChI is InChI=1S/C19H26N2/c1-13-8-7-11-18(17(13)5)20-12-16(4)21-19-14(2)9-6-10-15(19)3/h6-11,16,20-21H,12H2,1-5H3. The van der Waals surface area contributed by atoms with Crippen molar-refractivity contribution in [2.75, 3.05) is 17.2 Å². The van der Waals surface area contributed by atoms with Gasteiger partial charge in [0.05, 0.1) is 0 Å². The summed E-state index contributed by atoms with van der Waals surface area (Å²) in [5.41, 5.74) is 7.74. The predicted molar refractivity (Wildman–Crippen MR) is 93.4 cm³/mol. The van der Waals surface area contributed by atoms with Crippen LogP contribution in [0.3, 0.4) is 0 Å². The van der Waals surface area contributed by atoms with Gasteiger partial charge in [-0.15, -0.1) is 0 Å². The highest BCUT2D eigenvalue weighted by molar-refractivity contribution is 5.58. The third-order valence-electron chi connectivity index (χ3n) is 4.08. The van der Waals surface area contributed by atoms with Crippen molar-refractivity contribution >= 4 is 11.4 Å². The number of hydrogen-bond donors (Lipinski definition) is 2. The maximum absolute atomic E-state index is 3.62. The fourth-order valence-electron chi connectivity index (χ4n) is 2.55. The van der Waals surface area contributed by atoms with Gasteiger partial charge in [-0.3, -0.25) is 0 Å². The van der Waals surface area contributed by atoms with Crippen LogP contribution < -0.4 is 10.6 Å². The molecule has 0 aliphatic carbocycles. The van der Waals surface area contributed by atoms with Gasteiger partial charge < -0.3 is 10.6 Å². The molecule has 2 rings (SSSR count). The van der Waals surface area contributed by atoms with Crippen molar-refractivity contribution in [3.63, 3.8) is 0 Å². The number of benzene rings is 2. The van der Waals surface area contributed by atoms with E-state index in [4.69, 9.17) is 0 Å². The lowest BCUT2D eigenvalue weighted by atomic mass is 10.1. The van der Waals surface area contributed by atoms with Gasteiger partial charge >= 0.3 is 0 Å². The Kier molecular flexibility index (Phi) is 4.89. The SMILES string of the molecule is Cc1cccc(NCC(C)Nc2c(C)cccc2C)c1C. The Balaban J connectivity index is 1.99. The van der Waals surface area contributed by atoms with Crippen LogP contribution >= 0.6 is 0 Å². The van der Waals surface area contributed by atoms with Gasteiger partial charge in [-0.1, -0.05) is 30.3 Å². The Labute approximate surface area is 128 Å². The Morgan fingerprint density at radius 2 is 1.43 bits per heavy atom. The van der Waals surface area contributed by atoms with Crippen LogP contribution in [-0.2, 0) is 0 Å². The lowest BCUT2D eigenvalue weighted by Gasteiger charge is -2.21. The molecular formula is C19H26N2. The first-order valence-corrected chi connectivity index (χ1v) is 7.62. The second kappa shape index (κ2) is 6.66. The quantitative estimate of drug-likeness (QED) is 0.820. The summed E-state index contributed by atoms with van der Waals surface area (Å²) in [6.07, 6.45) is 0. The van der Waals surface area contributed by atoms with Crippen molar-refractivity contribution in [3.8, 4) is 0 Å². The molecule has 0 saturated heterocycles. The Hall–Kier alpha value is -1.96. The molecule has 0 bridgehead atoms. The van der Waals surface area contributed by atoms with E-state index >= 15 is 0 Å². The highest BCUT2D eigenvalue weighted by Gasteiger charge is 2.07. The van der Waals surface area contributed by atoms with E-state index in [1.807, 2.05) is 0 Å². The fraction of sp³-hybridized carbons (Fsp3) is 0.368. The van der Waals surface area contributed by atoms with Crippen molar-refractivity contribution in [2.24, 2.45) is 0 Å². The van der Waals surface area contributed by atoms with Crippen molar-refractivity contribution in [2.45, 2.75) is 40.7 Å². The molecule has 1 unspecified atom stereocenters. The van der Waals surface area contributed by atoms with E-state index in [9.17, 15) is 0 Å². The summed E-state index contributed by atoms with van der Waals surface area (Å²) in [6, 6.07) is 13.2. The van der Waals surface area contributed by atoms with Gasteiger partial charge in [0.25, 0.3) is 0 Å². The zero-order valence-corrected chi connectivity index (χ0v) is 13.7. The van der Waals surface area contributed by atoms with Gasteiger partial charge in [-0.05, 0) is 62.9 Å². The van der Waals surface area contributed by atoms with Gasteiger partial charge in [-0.25, -0.2) is 0 Å². The van der Waals surface area contributed by atoms with Crippen LogP contribution in [0.2, 0.25) is 0 Å². The molecule has 2 aromatic rings. The molecule has 2 aromatic carbocycles. The van der Waals surface area contributed by atoms with E-state index in [0.29, 0.717) is 6.04 Å². The van der Waals surface area contributed by atoms with Gasteiger partial charge in [0, 0.05) is 24.0 Å². The Morgan fingerprint density at radius 3 is 2.10 bits per heavy atom. The number of nitrogens with one attached hydrogen (secondary N) is 2. The third kappa shape index (κ3) is 3.78. The summed E-state index contributed by atoms with van der Waals surface area (Å²) in [5.74, 6) is 0. The molecule has 2 nitrogen and oxygen atoms in total. The van der Waals surface area contributed by atoms with Crippen LogP contribution in [0.1, 0.15) is 29.2 Å². The molecule has 0 aliphatic heterocycles. The van der Waals surface area contributed by atoms with E-state index in [1.54, 1.807) is 0 Å². The molecule has 112 valence electrons. The molecule has 0 saturated carbocycles. The zero-order valence-electron chi connectivity index (χ0n) is 13.7. The van der Waals surface area contributed by atoms with E-state index in [2.05, 4.69) is 81.7 Å². The summed E-state index contributed by atoms with van der Waals surface area (Å²) in [7, 11) is 0. The zero-order chi connectivity index (χ0) is 15.4. The van der Waals surface area contributed by atoms with E-state index < -0.39 is 0 Å². The lowest BCUT2D eigenvalue weighted by Crippen LogP contribution is -2.26. The van der Waals surface area contributed by atoms with Gasteiger partial charge in [0.15, 0.2) is 0 Å². The second-order valence-electron chi connectivity index (χ2n) is 5.94. The summed E-state index contributed by atoms with van der Waals surface area (Å²) < 4.78 is 0. The number of rotatable bonds is 5. The predicted octanol–water partition coefficient (Wildman–Crippen LogP) is 4.83. The highest BCUT2D eigenvalue weighted by atomic mass is 15.0. The minimum absolute atomic E-state index is 0.365. The van der Waals surface area contributed by atoms with Crippen LogP contribution in [0.4, 0.5) is 11.4 Å². The fourth-order valence-corrected chi connectivity index (χ4v) is 2.55. The van der Waals surface area contributed by atoms with Crippen molar-refractivity contribution in [1.29, 1.82) is 0 Å². The van der Waals surface area contributed by atoms with Crippen LogP contribution in [0.5, 0.6) is 0 Å². The van der Waals surface area contributed by atoms with Crippen molar-refractivity contribution < 1.29 is 0 Å². The van der Waals surface area contributed by atoms with Crippen molar-refractivity contribution in [1.82, 2.24) is 0 Å². The molecule has 0 aliphatic rings. The van der Waals surface area contributed by atoms with Crippen LogP contribution in [0.15, 0.2) is 36.4 Å². The van der Waals surface area contributed by atoms with Crippen LogP contribution in [0.25, 0.3) is 0 Å². The van der Waals surface area contributed by atoms with E-state index in [-0.39, 0.29) is 0 Å². The van der Waals surface area contributed by atoms with Gasteiger partial charge in [0.2, 0.25) is 0 Å². The largest absolute Gasteiger partial charge is 0.383 e. The number of para-hydroxylation sites is 1. The molecule has 0 radical (unpaired) electrons. The summed E-state index contributed by atoms with van der Waals surface area (Å²) in [5, 5.41) is 7.17. The first-order chi connectivity index (χ1) is 9.99. The second-order valence-corrected chi connectivity index (χ2v) is 5.94. The van der Waals surface area contributed by atoms with Gasteiger partial charge in [0.1, 0.15) is 0 Å². The smallest absolute Gasteiger partial charge is 0.0406 e. The molecule has 21 heavy (non-hydrogen) atoms. The molecule has 0 aromatic heterocycles. The maximum Gasteiger partial charge on any atom is 0.0406 e. The molecule has 0 amide bonds. The first kappa shape index (κ1) is 15.4. The average Bonchev–Trinajstić information content (AvgIpc) is 2.45. The van der Waals surface area contributed by atoms with E-state index in [0.717, 1.165) is 6.54 Å². The Bertz CT molecular complexity index is 597. The average molecular weight is 282 g/mol. The number of hydrogen-bond acceptors (Lipinski definition) is 2. The minimum atomic E-state index is 0.365. The molecule has 1 atom stereocenters. The highest BCUT2D eigenvalue weighted by Crippen LogP contribution is 2.21. The molecule has 0 fully saturated rings. The maximum atomic E-state index is 3.62.